The molecule has 2 aliphatic rings. The fraction of sp³-hybridized carbons (Fsp3) is 0.281. The second kappa shape index (κ2) is 12.6. The van der Waals surface area contributed by atoms with E-state index < -0.39 is 18.1 Å². The Bertz CT molecular complexity index is 1370. The number of hydrogen-bond acceptors (Lipinski definition) is 6. The number of fused-ring (bicyclic) bond motifs is 3. The summed E-state index contributed by atoms with van der Waals surface area (Å²) < 4.78 is 10.6. The van der Waals surface area contributed by atoms with Crippen LogP contribution >= 0.6 is 0 Å². The van der Waals surface area contributed by atoms with Crippen LogP contribution in [-0.2, 0) is 20.7 Å². The van der Waals surface area contributed by atoms with Gasteiger partial charge in [0.1, 0.15) is 19.3 Å². The molecule has 0 spiro atoms. The number of piperazine rings is 1. The minimum atomic E-state index is -1.14. The van der Waals surface area contributed by atoms with Gasteiger partial charge in [-0.2, -0.15) is 0 Å². The van der Waals surface area contributed by atoms with Crippen molar-refractivity contribution < 1.29 is 29.0 Å². The Morgan fingerprint density at radius 1 is 0.902 bits per heavy atom. The summed E-state index contributed by atoms with van der Waals surface area (Å²) in [6.45, 7) is 6.25. The number of rotatable bonds is 9. The summed E-state index contributed by atoms with van der Waals surface area (Å²) in [4.78, 5) is 40.5. The lowest BCUT2D eigenvalue weighted by molar-refractivity contribution is -0.139. The van der Waals surface area contributed by atoms with Crippen molar-refractivity contribution in [1.29, 1.82) is 0 Å². The molecule has 9 nitrogen and oxygen atoms in total. The zero-order valence-electron chi connectivity index (χ0n) is 22.7. The number of anilines is 1. The maximum Gasteiger partial charge on any atom is 0.410 e. The number of amides is 2. The van der Waals surface area contributed by atoms with Crippen LogP contribution in [0.1, 0.15) is 22.6 Å². The van der Waals surface area contributed by atoms with Gasteiger partial charge in [0.15, 0.2) is 0 Å². The van der Waals surface area contributed by atoms with E-state index in [-0.39, 0.29) is 31.6 Å². The van der Waals surface area contributed by atoms with Gasteiger partial charge < -0.3 is 29.7 Å². The molecule has 1 atom stereocenters. The van der Waals surface area contributed by atoms with Crippen molar-refractivity contribution in [2.75, 3.05) is 44.3 Å². The maximum absolute atomic E-state index is 12.7. The fourth-order valence-corrected chi connectivity index (χ4v) is 5.43. The van der Waals surface area contributed by atoms with Gasteiger partial charge >= 0.3 is 18.2 Å². The van der Waals surface area contributed by atoms with Crippen LogP contribution in [0.5, 0.6) is 0 Å². The number of aliphatic carboxylic acids is 1. The zero-order chi connectivity index (χ0) is 28.8. The van der Waals surface area contributed by atoms with Gasteiger partial charge in [-0.25, -0.2) is 14.4 Å². The van der Waals surface area contributed by atoms with E-state index >= 15 is 0 Å². The Balaban J connectivity index is 1.14. The number of carbonyl (C=O) groups is 3. The summed E-state index contributed by atoms with van der Waals surface area (Å²) in [5, 5.41) is 12.3. The van der Waals surface area contributed by atoms with Crippen LogP contribution in [-0.4, -0.2) is 73.6 Å². The Morgan fingerprint density at radius 2 is 1.51 bits per heavy atom. The van der Waals surface area contributed by atoms with E-state index in [0.717, 1.165) is 33.5 Å². The summed E-state index contributed by atoms with van der Waals surface area (Å²) in [5.41, 5.74) is 6.17. The third kappa shape index (κ3) is 6.35. The highest BCUT2D eigenvalue weighted by molar-refractivity contribution is 5.81. The van der Waals surface area contributed by atoms with Crippen LogP contribution in [0.2, 0.25) is 0 Å². The molecule has 9 heteroatoms. The van der Waals surface area contributed by atoms with Crippen molar-refractivity contribution in [2.45, 2.75) is 18.4 Å². The molecular weight excluding hydrogens is 522 g/mol. The third-order valence-electron chi connectivity index (χ3n) is 7.54. The fourth-order valence-electron chi connectivity index (χ4n) is 5.43. The standard InChI is InChI=1S/C32H33N3O6/c1-2-19-40-32(39)35-17-15-34(16-18-35)23-13-11-22(12-14-23)20-29(30(36)37)33-31(38)41-21-28-26-9-5-3-7-24(26)25-8-4-6-10-27(25)28/h2-14,28-29H,1,15-21H2,(H,33,38)(H,36,37)/t29-/m0/s1. The molecule has 2 amide bonds. The number of nitrogens with one attached hydrogen (secondary N) is 1. The summed E-state index contributed by atoms with van der Waals surface area (Å²) >= 11 is 0. The first-order valence-corrected chi connectivity index (χ1v) is 13.7. The number of alkyl carbamates (subject to hydrolysis) is 1. The first-order valence-electron chi connectivity index (χ1n) is 13.7. The van der Waals surface area contributed by atoms with E-state index in [1.165, 1.54) is 6.08 Å². The van der Waals surface area contributed by atoms with Gasteiger partial charge in [0, 0.05) is 44.2 Å². The number of carboxylic acids is 1. The second-order valence-corrected chi connectivity index (χ2v) is 10.1. The molecule has 212 valence electrons. The van der Waals surface area contributed by atoms with E-state index in [1.54, 1.807) is 4.90 Å². The van der Waals surface area contributed by atoms with Crippen molar-refractivity contribution in [3.8, 4) is 11.1 Å². The molecule has 1 aliphatic heterocycles. The highest BCUT2D eigenvalue weighted by Gasteiger charge is 2.30. The number of carbonyl (C=O) groups excluding carboxylic acids is 2. The van der Waals surface area contributed by atoms with Crippen molar-refractivity contribution in [1.82, 2.24) is 10.2 Å². The molecule has 41 heavy (non-hydrogen) atoms. The van der Waals surface area contributed by atoms with E-state index in [4.69, 9.17) is 9.47 Å². The lowest BCUT2D eigenvalue weighted by atomic mass is 9.98. The topological polar surface area (TPSA) is 108 Å². The molecule has 5 rings (SSSR count). The van der Waals surface area contributed by atoms with Crippen LogP contribution in [0.4, 0.5) is 15.3 Å². The van der Waals surface area contributed by atoms with Crippen LogP contribution in [0.25, 0.3) is 11.1 Å². The average molecular weight is 556 g/mol. The lowest BCUT2D eigenvalue weighted by Crippen LogP contribution is -2.49. The molecule has 0 aromatic heterocycles. The van der Waals surface area contributed by atoms with Crippen LogP contribution < -0.4 is 10.2 Å². The highest BCUT2D eigenvalue weighted by atomic mass is 16.6. The number of carboxylic acid groups (broad SMARTS) is 1. The van der Waals surface area contributed by atoms with Crippen molar-refractivity contribution in [3.05, 3.63) is 102 Å². The van der Waals surface area contributed by atoms with Crippen molar-refractivity contribution >= 4 is 23.8 Å². The molecule has 3 aromatic carbocycles. The zero-order valence-corrected chi connectivity index (χ0v) is 22.7. The Morgan fingerprint density at radius 3 is 2.10 bits per heavy atom. The van der Waals surface area contributed by atoms with Crippen LogP contribution in [0.3, 0.4) is 0 Å². The Kier molecular flexibility index (Phi) is 8.53. The first kappa shape index (κ1) is 27.8. The van der Waals surface area contributed by atoms with Gasteiger partial charge in [0.25, 0.3) is 0 Å². The molecule has 1 fully saturated rings. The van der Waals surface area contributed by atoms with Crippen molar-refractivity contribution in [2.24, 2.45) is 0 Å². The molecule has 2 N–H and O–H groups in total. The van der Waals surface area contributed by atoms with Gasteiger partial charge in [-0.05, 0) is 39.9 Å². The van der Waals surface area contributed by atoms with Crippen LogP contribution in [0, 0.1) is 0 Å². The monoisotopic (exact) mass is 555 g/mol. The third-order valence-corrected chi connectivity index (χ3v) is 7.54. The van der Waals surface area contributed by atoms with E-state index in [0.29, 0.717) is 26.2 Å². The van der Waals surface area contributed by atoms with E-state index in [2.05, 4.69) is 28.9 Å². The first-order chi connectivity index (χ1) is 19.9. The van der Waals surface area contributed by atoms with Gasteiger partial charge in [-0.3, -0.25) is 0 Å². The lowest BCUT2D eigenvalue weighted by Gasteiger charge is -2.35. The minimum Gasteiger partial charge on any atom is -0.480 e. The molecule has 0 bridgehead atoms. The molecule has 1 aliphatic carbocycles. The molecule has 1 heterocycles. The highest BCUT2D eigenvalue weighted by Crippen LogP contribution is 2.44. The van der Waals surface area contributed by atoms with E-state index in [9.17, 15) is 19.5 Å². The predicted octanol–water partition coefficient (Wildman–Crippen LogP) is 4.67. The number of benzene rings is 3. The molecular formula is C32H33N3O6. The smallest absolute Gasteiger partial charge is 0.410 e. The normalized spacial score (nSPS) is 14.9. The SMILES string of the molecule is C=CCOC(=O)N1CCN(c2ccc(C[C@H](NC(=O)OCC3c4ccccc4-c4ccccc43)C(=O)O)cc2)CC1. The molecule has 0 radical (unpaired) electrons. The molecule has 1 saturated heterocycles. The molecule has 0 saturated carbocycles. The number of hydrogen-bond donors (Lipinski definition) is 2. The number of nitrogens with zero attached hydrogens (tertiary/aromatic N) is 2. The van der Waals surface area contributed by atoms with Gasteiger partial charge in [-0.15, -0.1) is 0 Å². The second-order valence-electron chi connectivity index (χ2n) is 10.1. The Hall–Kier alpha value is -4.79. The number of ether oxygens (including phenoxy) is 2. The summed E-state index contributed by atoms with van der Waals surface area (Å²) in [7, 11) is 0. The predicted molar refractivity (Wildman–Crippen MR) is 155 cm³/mol. The average Bonchev–Trinajstić information content (AvgIpc) is 3.32. The summed E-state index contributed by atoms with van der Waals surface area (Å²) in [5.74, 6) is -1.24. The Labute approximate surface area is 239 Å². The van der Waals surface area contributed by atoms with Gasteiger partial charge in [-0.1, -0.05) is 73.3 Å². The van der Waals surface area contributed by atoms with Crippen LogP contribution in [0.15, 0.2) is 85.5 Å². The summed E-state index contributed by atoms with van der Waals surface area (Å²) in [6, 6.07) is 22.5. The van der Waals surface area contributed by atoms with Gasteiger partial charge in [0.2, 0.25) is 0 Å². The summed E-state index contributed by atoms with van der Waals surface area (Å²) in [6.07, 6.45) is 0.546. The largest absolute Gasteiger partial charge is 0.480 e. The van der Waals surface area contributed by atoms with E-state index in [1.807, 2.05) is 60.7 Å². The van der Waals surface area contributed by atoms with Crippen molar-refractivity contribution in [3.63, 3.8) is 0 Å². The van der Waals surface area contributed by atoms with Gasteiger partial charge in [0.05, 0.1) is 0 Å². The molecule has 3 aromatic rings. The quantitative estimate of drug-likeness (QED) is 0.370. The molecule has 0 unspecified atom stereocenters. The minimum absolute atomic E-state index is 0.108. The maximum atomic E-state index is 12.7.